The van der Waals surface area contributed by atoms with Crippen LogP contribution in [0.25, 0.3) is 0 Å². The molecule has 0 fully saturated rings. The minimum absolute atomic E-state index is 0.114. The number of rotatable bonds is 9. The fraction of sp³-hybridized carbons (Fsp3) is 0.300. The SMILES string of the molecule is C=CCCC(O)CNC(C)c1ccc(NC(=O)c2ccncc2)cc1. The van der Waals surface area contributed by atoms with Crippen LogP contribution in [0.5, 0.6) is 0 Å². The lowest BCUT2D eigenvalue weighted by Crippen LogP contribution is -2.29. The van der Waals surface area contributed by atoms with E-state index in [2.05, 4.69) is 22.2 Å². The second-order valence-corrected chi connectivity index (χ2v) is 5.96. The number of anilines is 1. The van der Waals surface area contributed by atoms with Crippen LogP contribution in [0.15, 0.2) is 61.4 Å². The van der Waals surface area contributed by atoms with Crippen LogP contribution in [0, 0.1) is 0 Å². The van der Waals surface area contributed by atoms with Crippen molar-refractivity contribution >= 4 is 11.6 Å². The van der Waals surface area contributed by atoms with Gasteiger partial charge in [0.2, 0.25) is 0 Å². The van der Waals surface area contributed by atoms with E-state index in [9.17, 15) is 9.90 Å². The second-order valence-electron chi connectivity index (χ2n) is 5.96. The van der Waals surface area contributed by atoms with Crippen LogP contribution in [0.3, 0.4) is 0 Å². The highest BCUT2D eigenvalue weighted by Gasteiger charge is 2.09. The molecule has 0 radical (unpaired) electrons. The maximum Gasteiger partial charge on any atom is 0.255 e. The van der Waals surface area contributed by atoms with Crippen LogP contribution in [0.4, 0.5) is 5.69 Å². The Kier molecular flexibility index (Phi) is 7.32. The van der Waals surface area contributed by atoms with Crippen LogP contribution < -0.4 is 10.6 Å². The van der Waals surface area contributed by atoms with Gasteiger partial charge in [-0.05, 0) is 49.6 Å². The summed E-state index contributed by atoms with van der Waals surface area (Å²) in [6.45, 7) is 6.24. The minimum atomic E-state index is -0.376. The van der Waals surface area contributed by atoms with E-state index in [1.54, 1.807) is 24.5 Å². The van der Waals surface area contributed by atoms with Crippen molar-refractivity contribution < 1.29 is 9.90 Å². The Balaban J connectivity index is 1.86. The van der Waals surface area contributed by atoms with E-state index < -0.39 is 0 Å². The van der Waals surface area contributed by atoms with Crippen molar-refractivity contribution in [1.82, 2.24) is 10.3 Å². The smallest absolute Gasteiger partial charge is 0.255 e. The summed E-state index contributed by atoms with van der Waals surface area (Å²) in [6, 6.07) is 11.2. The van der Waals surface area contributed by atoms with Gasteiger partial charge in [-0.25, -0.2) is 0 Å². The minimum Gasteiger partial charge on any atom is -0.392 e. The molecule has 2 aromatic rings. The molecule has 0 saturated heterocycles. The number of aliphatic hydroxyl groups is 1. The zero-order valence-electron chi connectivity index (χ0n) is 14.5. The van der Waals surface area contributed by atoms with Crippen molar-refractivity contribution in [3.63, 3.8) is 0 Å². The van der Waals surface area contributed by atoms with E-state index in [-0.39, 0.29) is 18.1 Å². The number of nitrogens with zero attached hydrogens (tertiary/aromatic N) is 1. The lowest BCUT2D eigenvalue weighted by Gasteiger charge is -2.17. The number of aliphatic hydroxyl groups excluding tert-OH is 1. The molecule has 5 nitrogen and oxygen atoms in total. The fourth-order valence-corrected chi connectivity index (χ4v) is 2.40. The number of pyridine rings is 1. The Morgan fingerprint density at radius 3 is 2.56 bits per heavy atom. The average Bonchev–Trinajstić information content (AvgIpc) is 2.65. The Hall–Kier alpha value is -2.50. The number of carbonyl (C=O) groups excluding carboxylic acids is 1. The second kappa shape index (κ2) is 9.71. The normalized spacial score (nSPS) is 13.0. The van der Waals surface area contributed by atoms with Crippen LogP contribution in [0.1, 0.15) is 41.7 Å². The van der Waals surface area contributed by atoms with E-state index in [4.69, 9.17) is 0 Å². The monoisotopic (exact) mass is 339 g/mol. The van der Waals surface area contributed by atoms with Crippen molar-refractivity contribution in [2.45, 2.75) is 31.9 Å². The van der Waals surface area contributed by atoms with Gasteiger partial charge < -0.3 is 15.7 Å². The first-order valence-corrected chi connectivity index (χ1v) is 8.44. The van der Waals surface area contributed by atoms with Gasteiger partial charge in [-0.15, -0.1) is 6.58 Å². The summed E-state index contributed by atoms with van der Waals surface area (Å²) < 4.78 is 0. The molecule has 2 atom stereocenters. The maximum absolute atomic E-state index is 12.1. The zero-order valence-corrected chi connectivity index (χ0v) is 14.5. The highest BCUT2D eigenvalue weighted by molar-refractivity contribution is 6.04. The Morgan fingerprint density at radius 1 is 1.24 bits per heavy atom. The molecular formula is C20H25N3O2. The number of hydrogen-bond acceptors (Lipinski definition) is 4. The Bertz CT molecular complexity index is 671. The molecule has 1 amide bonds. The number of allylic oxidation sites excluding steroid dienone is 1. The molecule has 0 aliphatic rings. The molecular weight excluding hydrogens is 314 g/mol. The predicted octanol–water partition coefficient (Wildman–Crippen LogP) is 3.31. The molecule has 0 spiro atoms. The van der Waals surface area contributed by atoms with Gasteiger partial charge in [0.1, 0.15) is 0 Å². The van der Waals surface area contributed by atoms with Crippen molar-refractivity contribution in [1.29, 1.82) is 0 Å². The average molecular weight is 339 g/mol. The number of benzene rings is 1. The molecule has 2 rings (SSSR count). The first-order valence-electron chi connectivity index (χ1n) is 8.44. The molecule has 2 unspecified atom stereocenters. The standard InChI is InChI=1S/C20H25N3O2/c1-3-4-5-19(24)14-22-15(2)16-6-8-18(9-7-16)23-20(25)17-10-12-21-13-11-17/h3,6-13,15,19,22,24H,1,4-5,14H2,2H3,(H,23,25). The molecule has 0 bridgehead atoms. The molecule has 132 valence electrons. The summed E-state index contributed by atoms with van der Waals surface area (Å²) in [4.78, 5) is 16.0. The predicted molar refractivity (Wildman–Crippen MR) is 100 cm³/mol. The van der Waals surface area contributed by atoms with Gasteiger partial charge in [0.15, 0.2) is 0 Å². The number of carbonyl (C=O) groups is 1. The van der Waals surface area contributed by atoms with Crippen molar-refractivity contribution in [3.8, 4) is 0 Å². The lowest BCUT2D eigenvalue weighted by molar-refractivity contribution is 0.102. The summed E-state index contributed by atoms with van der Waals surface area (Å²) in [7, 11) is 0. The molecule has 25 heavy (non-hydrogen) atoms. The summed E-state index contributed by atoms with van der Waals surface area (Å²) in [6.07, 6.45) is 6.14. The quantitative estimate of drug-likeness (QED) is 0.613. The topological polar surface area (TPSA) is 74.2 Å². The van der Waals surface area contributed by atoms with Gasteiger partial charge in [0, 0.05) is 36.2 Å². The van der Waals surface area contributed by atoms with Crippen LogP contribution in [0.2, 0.25) is 0 Å². The molecule has 5 heteroatoms. The van der Waals surface area contributed by atoms with Crippen molar-refractivity contribution in [3.05, 3.63) is 72.6 Å². The number of hydrogen-bond donors (Lipinski definition) is 3. The summed E-state index contributed by atoms with van der Waals surface area (Å²) in [5.41, 5.74) is 2.41. The third kappa shape index (κ3) is 6.14. The van der Waals surface area contributed by atoms with Gasteiger partial charge in [0.25, 0.3) is 5.91 Å². The Labute approximate surface area is 148 Å². The van der Waals surface area contributed by atoms with Gasteiger partial charge in [-0.2, -0.15) is 0 Å². The summed E-state index contributed by atoms with van der Waals surface area (Å²) in [5, 5.41) is 16.0. The van der Waals surface area contributed by atoms with Crippen LogP contribution in [-0.4, -0.2) is 28.6 Å². The fourth-order valence-electron chi connectivity index (χ4n) is 2.40. The lowest BCUT2D eigenvalue weighted by atomic mass is 10.1. The first-order chi connectivity index (χ1) is 12.1. The van der Waals surface area contributed by atoms with E-state index in [0.717, 1.165) is 17.7 Å². The van der Waals surface area contributed by atoms with Crippen LogP contribution >= 0.6 is 0 Å². The zero-order chi connectivity index (χ0) is 18.1. The van der Waals surface area contributed by atoms with E-state index >= 15 is 0 Å². The van der Waals surface area contributed by atoms with Crippen molar-refractivity contribution in [2.24, 2.45) is 0 Å². The maximum atomic E-state index is 12.1. The largest absolute Gasteiger partial charge is 0.392 e. The molecule has 1 aromatic carbocycles. The number of nitrogens with one attached hydrogen (secondary N) is 2. The molecule has 0 saturated carbocycles. The van der Waals surface area contributed by atoms with E-state index in [1.165, 1.54) is 0 Å². The summed E-state index contributed by atoms with van der Waals surface area (Å²) in [5.74, 6) is -0.160. The molecule has 0 aliphatic carbocycles. The van der Waals surface area contributed by atoms with Gasteiger partial charge >= 0.3 is 0 Å². The third-order valence-electron chi connectivity index (χ3n) is 3.97. The molecule has 1 aromatic heterocycles. The first kappa shape index (κ1) is 18.8. The summed E-state index contributed by atoms with van der Waals surface area (Å²) >= 11 is 0. The number of amides is 1. The molecule has 3 N–H and O–H groups in total. The van der Waals surface area contributed by atoms with Crippen LogP contribution in [-0.2, 0) is 0 Å². The van der Waals surface area contributed by atoms with Gasteiger partial charge in [0.05, 0.1) is 6.10 Å². The molecule has 1 heterocycles. The van der Waals surface area contributed by atoms with E-state index in [0.29, 0.717) is 18.5 Å². The van der Waals surface area contributed by atoms with Crippen molar-refractivity contribution in [2.75, 3.05) is 11.9 Å². The highest BCUT2D eigenvalue weighted by atomic mass is 16.3. The number of aromatic nitrogens is 1. The van der Waals surface area contributed by atoms with E-state index in [1.807, 2.05) is 37.3 Å². The highest BCUT2D eigenvalue weighted by Crippen LogP contribution is 2.17. The molecule has 0 aliphatic heterocycles. The third-order valence-corrected chi connectivity index (χ3v) is 3.97. The van der Waals surface area contributed by atoms with Gasteiger partial charge in [-0.3, -0.25) is 9.78 Å². The van der Waals surface area contributed by atoms with Gasteiger partial charge in [-0.1, -0.05) is 18.2 Å². The Morgan fingerprint density at radius 2 is 1.92 bits per heavy atom.